The summed E-state index contributed by atoms with van der Waals surface area (Å²) in [7, 11) is 0. The lowest BCUT2D eigenvalue weighted by molar-refractivity contribution is 0.199. The van der Waals surface area contributed by atoms with Gasteiger partial charge in [-0.1, -0.05) is 17.7 Å². The third kappa shape index (κ3) is 2.35. The fourth-order valence-electron chi connectivity index (χ4n) is 1.88. The Labute approximate surface area is 106 Å². The molecule has 1 N–H and O–H groups in total. The second-order valence-corrected chi connectivity index (χ2v) is 4.63. The highest BCUT2D eigenvalue weighted by molar-refractivity contribution is 6.31. The lowest BCUT2D eigenvalue weighted by atomic mass is 10.1. The number of hydrogen-bond donors (Lipinski definition) is 1. The number of aliphatic hydroxyl groups excluding tert-OH is 1. The van der Waals surface area contributed by atoms with Gasteiger partial charge in [-0.3, -0.25) is 0 Å². The summed E-state index contributed by atoms with van der Waals surface area (Å²) in [6.45, 7) is 5.65. The Morgan fingerprint density at radius 3 is 2.47 bits per heavy atom. The van der Waals surface area contributed by atoms with Crippen LogP contribution in [-0.4, -0.2) is 14.9 Å². The van der Waals surface area contributed by atoms with Crippen LogP contribution in [0.25, 0.3) is 5.69 Å². The zero-order valence-electron chi connectivity index (χ0n) is 10.1. The third-order valence-corrected chi connectivity index (χ3v) is 3.02. The van der Waals surface area contributed by atoms with Crippen LogP contribution in [0.15, 0.2) is 24.3 Å². The summed E-state index contributed by atoms with van der Waals surface area (Å²) in [4.78, 5) is 0. The molecule has 0 bridgehead atoms. The van der Waals surface area contributed by atoms with Crippen molar-refractivity contribution in [2.75, 3.05) is 0 Å². The van der Waals surface area contributed by atoms with E-state index in [1.165, 1.54) is 0 Å². The Hall–Kier alpha value is -1.32. The molecule has 4 heteroatoms. The summed E-state index contributed by atoms with van der Waals surface area (Å²) in [6.07, 6.45) is -0.558. The van der Waals surface area contributed by atoms with Gasteiger partial charge in [-0.15, -0.1) is 0 Å². The second kappa shape index (κ2) is 4.51. The monoisotopic (exact) mass is 250 g/mol. The maximum Gasteiger partial charge on any atom is 0.0776 e. The lowest BCUT2D eigenvalue weighted by Gasteiger charge is -2.10. The highest BCUT2D eigenvalue weighted by Crippen LogP contribution is 2.25. The van der Waals surface area contributed by atoms with Gasteiger partial charge in [-0.05, 0) is 44.5 Å². The Morgan fingerprint density at radius 1 is 1.29 bits per heavy atom. The van der Waals surface area contributed by atoms with Gasteiger partial charge < -0.3 is 5.11 Å². The molecular weight excluding hydrogens is 236 g/mol. The van der Waals surface area contributed by atoms with Gasteiger partial charge in [0.05, 0.1) is 17.5 Å². The van der Waals surface area contributed by atoms with Gasteiger partial charge in [0.1, 0.15) is 0 Å². The van der Waals surface area contributed by atoms with E-state index in [0.717, 1.165) is 22.6 Å². The average molecular weight is 251 g/mol. The highest BCUT2D eigenvalue weighted by atomic mass is 35.5. The van der Waals surface area contributed by atoms with E-state index in [1.807, 2.05) is 42.8 Å². The standard InChI is InChI=1S/C13H15ClN2O/c1-8-6-9(2)16(15-8)11-4-5-12(10(3)17)13(14)7-11/h4-7,10,17H,1-3H3. The van der Waals surface area contributed by atoms with Crippen LogP contribution in [0, 0.1) is 13.8 Å². The molecule has 0 fully saturated rings. The summed E-state index contributed by atoms with van der Waals surface area (Å²) in [5.74, 6) is 0. The molecular formula is C13H15ClN2O. The third-order valence-electron chi connectivity index (χ3n) is 2.69. The number of nitrogens with zero attached hydrogens (tertiary/aromatic N) is 2. The average Bonchev–Trinajstić information content (AvgIpc) is 2.57. The molecule has 0 aliphatic heterocycles. The van der Waals surface area contributed by atoms with Crippen molar-refractivity contribution in [1.82, 2.24) is 9.78 Å². The van der Waals surface area contributed by atoms with Crippen LogP contribution in [0.1, 0.15) is 30.0 Å². The van der Waals surface area contributed by atoms with Crippen LogP contribution in [0.3, 0.4) is 0 Å². The van der Waals surface area contributed by atoms with Crippen molar-refractivity contribution >= 4 is 11.6 Å². The Balaban J connectivity index is 2.48. The molecule has 1 unspecified atom stereocenters. The molecule has 1 heterocycles. The largest absolute Gasteiger partial charge is 0.389 e. The predicted molar refractivity (Wildman–Crippen MR) is 68.7 cm³/mol. The zero-order chi connectivity index (χ0) is 12.6. The van der Waals surface area contributed by atoms with E-state index in [2.05, 4.69) is 5.10 Å². The van der Waals surface area contributed by atoms with Crippen LogP contribution in [0.5, 0.6) is 0 Å². The number of hydrogen-bond acceptors (Lipinski definition) is 2. The maximum absolute atomic E-state index is 9.52. The molecule has 0 spiro atoms. The van der Waals surface area contributed by atoms with Gasteiger partial charge in [0.15, 0.2) is 0 Å². The van der Waals surface area contributed by atoms with Crippen molar-refractivity contribution in [3.05, 3.63) is 46.2 Å². The van der Waals surface area contributed by atoms with E-state index in [-0.39, 0.29) is 0 Å². The van der Waals surface area contributed by atoms with E-state index in [4.69, 9.17) is 11.6 Å². The van der Waals surface area contributed by atoms with Crippen molar-refractivity contribution in [1.29, 1.82) is 0 Å². The van der Waals surface area contributed by atoms with Crippen LogP contribution >= 0.6 is 11.6 Å². The van der Waals surface area contributed by atoms with Crippen molar-refractivity contribution in [2.24, 2.45) is 0 Å². The van der Waals surface area contributed by atoms with Crippen molar-refractivity contribution in [2.45, 2.75) is 26.9 Å². The van der Waals surface area contributed by atoms with E-state index in [9.17, 15) is 5.11 Å². The first-order valence-corrected chi connectivity index (χ1v) is 5.88. The summed E-state index contributed by atoms with van der Waals surface area (Å²) in [5.41, 5.74) is 3.67. The number of benzene rings is 1. The molecule has 90 valence electrons. The smallest absolute Gasteiger partial charge is 0.0776 e. The maximum atomic E-state index is 9.52. The minimum atomic E-state index is -0.558. The number of aliphatic hydroxyl groups is 1. The van der Waals surface area contributed by atoms with Crippen LogP contribution in [0.4, 0.5) is 0 Å². The van der Waals surface area contributed by atoms with Gasteiger partial charge in [0, 0.05) is 10.7 Å². The first kappa shape index (κ1) is 12.1. The Morgan fingerprint density at radius 2 is 2.00 bits per heavy atom. The molecule has 17 heavy (non-hydrogen) atoms. The molecule has 2 aromatic rings. The van der Waals surface area contributed by atoms with Crippen LogP contribution < -0.4 is 0 Å². The van der Waals surface area contributed by atoms with Crippen molar-refractivity contribution in [3.63, 3.8) is 0 Å². The first-order valence-electron chi connectivity index (χ1n) is 5.50. The molecule has 2 rings (SSSR count). The molecule has 1 atom stereocenters. The molecule has 1 aromatic heterocycles. The van der Waals surface area contributed by atoms with Gasteiger partial charge in [-0.25, -0.2) is 4.68 Å². The van der Waals surface area contributed by atoms with Crippen molar-refractivity contribution < 1.29 is 5.11 Å². The molecule has 0 aliphatic carbocycles. The molecule has 0 amide bonds. The van der Waals surface area contributed by atoms with E-state index >= 15 is 0 Å². The normalized spacial score (nSPS) is 12.8. The fourth-order valence-corrected chi connectivity index (χ4v) is 2.21. The van der Waals surface area contributed by atoms with Gasteiger partial charge in [-0.2, -0.15) is 5.10 Å². The van der Waals surface area contributed by atoms with Crippen LogP contribution in [-0.2, 0) is 0 Å². The lowest BCUT2D eigenvalue weighted by Crippen LogP contribution is -2.00. The minimum absolute atomic E-state index is 0.558. The fraction of sp³-hybridized carbons (Fsp3) is 0.308. The number of aromatic nitrogens is 2. The summed E-state index contributed by atoms with van der Waals surface area (Å²) < 4.78 is 1.84. The highest BCUT2D eigenvalue weighted by Gasteiger charge is 2.09. The summed E-state index contributed by atoms with van der Waals surface area (Å²) in [6, 6.07) is 7.58. The zero-order valence-corrected chi connectivity index (χ0v) is 10.9. The molecule has 0 aliphatic rings. The quantitative estimate of drug-likeness (QED) is 0.889. The van der Waals surface area contributed by atoms with Gasteiger partial charge in [0.2, 0.25) is 0 Å². The molecule has 3 nitrogen and oxygen atoms in total. The Kier molecular flexibility index (Phi) is 3.22. The molecule has 0 saturated carbocycles. The van der Waals surface area contributed by atoms with E-state index in [0.29, 0.717) is 5.02 Å². The van der Waals surface area contributed by atoms with Gasteiger partial charge in [0.25, 0.3) is 0 Å². The van der Waals surface area contributed by atoms with Gasteiger partial charge >= 0.3 is 0 Å². The molecule has 0 saturated heterocycles. The van der Waals surface area contributed by atoms with E-state index in [1.54, 1.807) is 6.92 Å². The predicted octanol–water partition coefficient (Wildman–Crippen LogP) is 3.20. The number of aryl methyl sites for hydroxylation is 2. The number of rotatable bonds is 2. The second-order valence-electron chi connectivity index (χ2n) is 4.22. The molecule has 0 radical (unpaired) electrons. The summed E-state index contributed by atoms with van der Waals surface area (Å²) >= 11 is 6.13. The first-order chi connectivity index (χ1) is 7.99. The molecule has 1 aromatic carbocycles. The summed E-state index contributed by atoms with van der Waals surface area (Å²) in [5, 5.41) is 14.5. The van der Waals surface area contributed by atoms with Crippen LogP contribution in [0.2, 0.25) is 5.02 Å². The van der Waals surface area contributed by atoms with Crippen molar-refractivity contribution in [3.8, 4) is 5.69 Å². The van der Waals surface area contributed by atoms with E-state index < -0.39 is 6.10 Å². The SMILES string of the molecule is Cc1cc(C)n(-c2ccc(C(C)O)c(Cl)c2)n1. The minimum Gasteiger partial charge on any atom is -0.389 e. The topological polar surface area (TPSA) is 38.0 Å². The Bertz CT molecular complexity index is 546. The number of halogens is 1.